The highest BCUT2D eigenvalue weighted by atomic mass is 32.2. The quantitative estimate of drug-likeness (QED) is 0.0943. The molecular weight excluding hydrogens is 1060 g/mol. The monoisotopic (exact) mass is 1120 g/mol. The lowest BCUT2D eigenvalue weighted by Crippen LogP contribution is -2.32. The number of nitrogens with zero attached hydrogens (tertiary/aromatic N) is 9. The number of benzene rings is 7. The van der Waals surface area contributed by atoms with Crippen LogP contribution in [0.4, 0.5) is 11.4 Å². The number of nitrogens with one attached hydrogen (secondary N) is 1. The molecule has 83 heavy (non-hydrogen) atoms. The molecule has 0 bridgehead atoms. The second-order valence-electron chi connectivity index (χ2n) is 20.0. The van der Waals surface area contributed by atoms with E-state index in [0.717, 1.165) is 76.8 Å². The van der Waals surface area contributed by atoms with Gasteiger partial charge in [0.05, 0.1) is 74.3 Å². The number of fused-ring (bicyclic) bond motifs is 1. The van der Waals surface area contributed by atoms with Crippen LogP contribution in [-0.4, -0.2) is 84.3 Å². The number of hydrogen-bond acceptors (Lipinski definition) is 8. The van der Waals surface area contributed by atoms with Gasteiger partial charge >= 0.3 is 0 Å². The molecule has 10 aromatic rings. The fourth-order valence-corrected chi connectivity index (χ4v) is 11.6. The van der Waals surface area contributed by atoms with Gasteiger partial charge in [0, 0.05) is 44.1 Å². The van der Waals surface area contributed by atoms with Crippen molar-refractivity contribution in [3.05, 3.63) is 269 Å². The van der Waals surface area contributed by atoms with Crippen LogP contribution < -0.4 is 10.2 Å². The molecule has 0 saturated heterocycles. The molecule has 0 saturated carbocycles. The lowest BCUT2D eigenvalue weighted by Gasteiger charge is -2.23. The number of carbonyl (C=O) groups excluding carboxylic acids is 3. The number of aromatic nitrogens is 6. The maximum absolute atomic E-state index is 13.5. The van der Waals surface area contributed by atoms with E-state index >= 15 is 0 Å². The van der Waals surface area contributed by atoms with Gasteiger partial charge in [0.25, 0.3) is 17.7 Å². The summed E-state index contributed by atoms with van der Waals surface area (Å²) >= 11 is 0. The molecule has 15 nitrogen and oxygen atoms in total. The van der Waals surface area contributed by atoms with Gasteiger partial charge in [-0.3, -0.25) is 14.4 Å². The lowest BCUT2D eigenvalue weighted by atomic mass is 10.1. The third kappa shape index (κ3) is 13.8. The molecule has 3 amide bonds. The Morgan fingerprint density at radius 1 is 0.506 bits per heavy atom. The van der Waals surface area contributed by atoms with Crippen molar-refractivity contribution in [2.24, 2.45) is 0 Å². The van der Waals surface area contributed by atoms with Crippen molar-refractivity contribution in [3.63, 3.8) is 0 Å². The number of anilines is 2. The van der Waals surface area contributed by atoms with E-state index in [4.69, 9.17) is 0 Å². The standard InChI is InChI=1S/C25H23N3O.C23H28N4O3S.C19H17N3O/c1-20-24(17-26-28(20)23-15-9-4-10-16-23)25(29)27(18-21-11-5-2-6-12-21)19-22-13-7-3-8-14-22;1-4-15-26(16-5-2)31(29,30)21-13-11-19(12-14-21)25-23(28)22-17-24-27(18(22)3)20-9-7-6-8-10-20;1-14-17(13-20-22(14)16-8-3-2-4-9-16)19(23)21-12-11-15-7-5-6-10-18(15)21/h2-17H,18-19H2,1H3;6-14,17H,4-5,15-16H2,1-3H3,(H,25,28);2-10,13H,11-12H2,1H3. The summed E-state index contributed by atoms with van der Waals surface area (Å²) in [5.41, 5.74) is 11.9. The van der Waals surface area contributed by atoms with Crippen molar-refractivity contribution in [1.29, 1.82) is 0 Å². The van der Waals surface area contributed by atoms with Crippen LogP contribution in [-0.2, 0) is 29.5 Å². The van der Waals surface area contributed by atoms with E-state index in [9.17, 15) is 22.8 Å². The highest BCUT2D eigenvalue weighted by Gasteiger charge is 2.29. The van der Waals surface area contributed by atoms with Crippen LogP contribution in [0, 0.1) is 20.8 Å². The first kappa shape index (κ1) is 58.2. The van der Waals surface area contributed by atoms with Crippen molar-refractivity contribution in [2.75, 3.05) is 29.9 Å². The summed E-state index contributed by atoms with van der Waals surface area (Å²) in [6.45, 7) is 12.4. The molecule has 0 radical (unpaired) electrons. The second kappa shape index (κ2) is 27.3. The fraction of sp³-hybridized carbons (Fsp3) is 0.194. The zero-order valence-corrected chi connectivity index (χ0v) is 48.2. The van der Waals surface area contributed by atoms with Gasteiger partial charge in [-0.1, -0.05) is 147 Å². The Morgan fingerprint density at radius 3 is 1.40 bits per heavy atom. The first-order valence-electron chi connectivity index (χ1n) is 27.8. The molecule has 422 valence electrons. The highest BCUT2D eigenvalue weighted by molar-refractivity contribution is 7.89. The van der Waals surface area contributed by atoms with Crippen LogP contribution in [0.5, 0.6) is 0 Å². The summed E-state index contributed by atoms with van der Waals surface area (Å²) in [5, 5.41) is 16.0. The maximum Gasteiger partial charge on any atom is 0.261 e. The van der Waals surface area contributed by atoms with Gasteiger partial charge in [0.2, 0.25) is 10.0 Å². The average Bonchev–Trinajstić information content (AvgIpc) is 4.45. The molecule has 7 aromatic carbocycles. The lowest BCUT2D eigenvalue weighted by molar-refractivity contribution is 0.0728. The Labute approximate surface area is 486 Å². The molecule has 11 rings (SSSR count). The predicted octanol–water partition coefficient (Wildman–Crippen LogP) is 12.7. The molecule has 4 heterocycles. The van der Waals surface area contributed by atoms with Gasteiger partial charge in [0.15, 0.2) is 0 Å². The molecule has 0 spiro atoms. The Morgan fingerprint density at radius 2 is 0.916 bits per heavy atom. The summed E-state index contributed by atoms with van der Waals surface area (Å²) < 4.78 is 32.6. The number of para-hydroxylation sites is 4. The van der Waals surface area contributed by atoms with E-state index in [0.29, 0.717) is 48.6 Å². The first-order valence-corrected chi connectivity index (χ1v) is 29.3. The van der Waals surface area contributed by atoms with Crippen LogP contribution in [0.25, 0.3) is 17.1 Å². The molecule has 0 unspecified atom stereocenters. The van der Waals surface area contributed by atoms with Crippen LogP contribution in [0.2, 0.25) is 0 Å². The van der Waals surface area contributed by atoms with E-state index in [-0.39, 0.29) is 22.6 Å². The number of sulfonamides is 1. The Balaban J connectivity index is 0.000000151. The highest BCUT2D eigenvalue weighted by Crippen LogP contribution is 2.30. The third-order valence-electron chi connectivity index (χ3n) is 14.3. The minimum absolute atomic E-state index is 0.0163. The van der Waals surface area contributed by atoms with Gasteiger partial charge in [-0.2, -0.15) is 19.6 Å². The van der Waals surface area contributed by atoms with Crippen molar-refractivity contribution in [2.45, 2.75) is 71.9 Å². The predicted molar refractivity (Wildman–Crippen MR) is 327 cm³/mol. The van der Waals surface area contributed by atoms with Gasteiger partial charge in [0.1, 0.15) is 0 Å². The zero-order valence-electron chi connectivity index (χ0n) is 47.4. The van der Waals surface area contributed by atoms with Crippen LogP contribution in [0.15, 0.2) is 224 Å². The Bertz CT molecular complexity index is 3820. The maximum atomic E-state index is 13.5. The minimum atomic E-state index is -3.55. The average molecular weight is 1130 g/mol. The van der Waals surface area contributed by atoms with E-state index in [1.165, 1.54) is 28.2 Å². The number of carbonyl (C=O) groups is 3. The van der Waals surface area contributed by atoms with Gasteiger partial charge < -0.3 is 15.1 Å². The van der Waals surface area contributed by atoms with Crippen LogP contribution >= 0.6 is 0 Å². The Hall–Kier alpha value is -9.51. The summed E-state index contributed by atoms with van der Waals surface area (Å²) in [6, 6.07) is 63.9. The molecule has 16 heteroatoms. The molecule has 0 atom stereocenters. The number of amides is 3. The van der Waals surface area contributed by atoms with Gasteiger partial charge in [-0.25, -0.2) is 22.5 Å². The summed E-state index contributed by atoms with van der Waals surface area (Å²) in [5.74, 6) is -0.291. The van der Waals surface area contributed by atoms with Gasteiger partial charge in [-0.05, 0) is 123 Å². The summed E-state index contributed by atoms with van der Waals surface area (Å²) in [6.07, 6.45) is 7.30. The fourth-order valence-electron chi connectivity index (χ4n) is 9.94. The second-order valence-corrected chi connectivity index (χ2v) is 22.0. The number of rotatable bonds is 17. The molecule has 1 N–H and O–H groups in total. The molecule has 0 fully saturated rings. The summed E-state index contributed by atoms with van der Waals surface area (Å²) in [4.78, 5) is 43.1. The van der Waals surface area contributed by atoms with Crippen molar-refractivity contribution >= 4 is 39.1 Å². The van der Waals surface area contributed by atoms with Crippen molar-refractivity contribution in [3.8, 4) is 17.1 Å². The Kier molecular flexibility index (Phi) is 19.1. The normalized spacial score (nSPS) is 11.7. The van der Waals surface area contributed by atoms with E-state index < -0.39 is 10.0 Å². The first-order chi connectivity index (χ1) is 40.4. The SMILES string of the molecule is CCCN(CCC)S(=O)(=O)c1ccc(NC(=O)c2cnn(-c3ccccc3)c2C)cc1.Cc1c(C(=O)N(Cc2ccccc2)Cc2ccccc2)cnn1-c1ccccc1.Cc1c(C(=O)N2CCc3ccccc32)cnn1-c1ccccc1. The molecule has 3 aromatic heterocycles. The summed E-state index contributed by atoms with van der Waals surface area (Å²) in [7, 11) is -3.55. The third-order valence-corrected chi connectivity index (χ3v) is 16.2. The van der Waals surface area contributed by atoms with E-state index in [1.54, 1.807) is 29.2 Å². The van der Waals surface area contributed by atoms with Crippen molar-refractivity contribution < 1.29 is 22.8 Å². The topological polar surface area (TPSA) is 161 Å². The van der Waals surface area contributed by atoms with Crippen molar-refractivity contribution in [1.82, 2.24) is 38.5 Å². The molecule has 1 aliphatic heterocycles. The zero-order chi connectivity index (χ0) is 58.3. The minimum Gasteiger partial charge on any atom is -0.330 e. The molecule has 0 aliphatic carbocycles. The van der Waals surface area contributed by atoms with E-state index in [2.05, 4.69) is 26.7 Å². The smallest absolute Gasteiger partial charge is 0.261 e. The molecular formula is C67H68N10O5S. The number of hydrogen-bond donors (Lipinski definition) is 1. The van der Waals surface area contributed by atoms with Gasteiger partial charge in [-0.15, -0.1) is 0 Å². The van der Waals surface area contributed by atoms with E-state index in [1.807, 2.05) is 224 Å². The van der Waals surface area contributed by atoms with Crippen LogP contribution in [0.1, 0.15) is 91.5 Å². The largest absolute Gasteiger partial charge is 0.330 e. The van der Waals surface area contributed by atoms with Crippen LogP contribution in [0.3, 0.4) is 0 Å². The molecule has 1 aliphatic rings.